The molecule has 0 aliphatic carbocycles. The van der Waals surface area contributed by atoms with Gasteiger partial charge < -0.3 is 4.98 Å². The van der Waals surface area contributed by atoms with Crippen LogP contribution in [0.5, 0.6) is 0 Å². The lowest BCUT2D eigenvalue weighted by Crippen LogP contribution is -2.26. The zero-order valence-electron chi connectivity index (χ0n) is 9.62. The number of H-pyrrole nitrogens is 2. The van der Waals surface area contributed by atoms with Crippen LogP contribution in [0.4, 0.5) is 4.39 Å². The first-order chi connectivity index (χ1) is 8.60. The number of hydrogen-bond donors (Lipinski definition) is 2. The van der Waals surface area contributed by atoms with Gasteiger partial charge in [-0.1, -0.05) is 18.7 Å². The molecule has 94 valence electrons. The first-order valence-electron chi connectivity index (χ1n) is 5.39. The molecule has 0 saturated heterocycles. The summed E-state index contributed by atoms with van der Waals surface area (Å²) >= 11 is 1.23. The maximum Gasteiger partial charge on any atom is 0.326 e. The molecule has 6 heteroatoms. The van der Waals surface area contributed by atoms with Gasteiger partial charge in [0.05, 0.1) is 5.03 Å². The molecule has 0 spiro atoms. The molecule has 4 nitrogen and oxygen atoms in total. The van der Waals surface area contributed by atoms with Crippen molar-refractivity contribution >= 4 is 11.8 Å². The molecule has 0 amide bonds. The normalized spacial score (nSPS) is 10.6. The molecule has 1 aromatic carbocycles. The van der Waals surface area contributed by atoms with E-state index in [1.54, 1.807) is 12.1 Å². The van der Waals surface area contributed by atoms with Crippen LogP contribution in [0.3, 0.4) is 0 Å². The highest BCUT2D eigenvalue weighted by Gasteiger charge is 2.09. The van der Waals surface area contributed by atoms with Gasteiger partial charge in [0.1, 0.15) is 5.82 Å². The largest absolute Gasteiger partial charge is 0.326 e. The summed E-state index contributed by atoms with van der Waals surface area (Å²) in [6.07, 6.45) is 0.510. The van der Waals surface area contributed by atoms with E-state index in [0.29, 0.717) is 17.0 Å². The summed E-state index contributed by atoms with van der Waals surface area (Å²) < 4.78 is 12.8. The van der Waals surface area contributed by atoms with Crippen LogP contribution in [0.1, 0.15) is 12.5 Å². The Labute approximate surface area is 106 Å². The lowest BCUT2D eigenvalue weighted by atomic mass is 10.3. The van der Waals surface area contributed by atoms with E-state index in [4.69, 9.17) is 0 Å². The van der Waals surface area contributed by atoms with E-state index >= 15 is 0 Å². The van der Waals surface area contributed by atoms with Gasteiger partial charge in [-0.2, -0.15) is 0 Å². The Morgan fingerprint density at radius 1 is 1.17 bits per heavy atom. The van der Waals surface area contributed by atoms with Gasteiger partial charge in [0, 0.05) is 10.5 Å². The summed E-state index contributed by atoms with van der Waals surface area (Å²) in [7, 11) is 0. The first kappa shape index (κ1) is 12.6. The van der Waals surface area contributed by atoms with Crippen molar-refractivity contribution in [2.24, 2.45) is 0 Å². The number of benzene rings is 1. The van der Waals surface area contributed by atoms with Crippen molar-refractivity contribution in [3.8, 4) is 0 Å². The van der Waals surface area contributed by atoms with Crippen LogP contribution in [0.2, 0.25) is 0 Å². The Morgan fingerprint density at radius 2 is 1.83 bits per heavy atom. The van der Waals surface area contributed by atoms with E-state index in [1.165, 1.54) is 23.9 Å². The molecule has 0 aliphatic rings. The Hall–Kier alpha value is -1.82. The lowest BCUT2D eigenvalue weighted by molar-refractivity contribution is 0.626. The Kier molecular flexibility index (Phi) is 3.66. The third kappa shape index (κ3) is 2.70. The minimum Gasteiger partial charge on any atom is -0.301 e. The van der Waals surface area contributed by atoms with Crippen molar-refractivity contribution in [1.29, 1.82) is 0 Å². The zero-order valence-corrected chi connectivity index (χ0v) is 10.4. The smallest absolute Gasteiger partial charge is 0.301 e. The second-order valence-electron chi connectivity index (χ2n) is 3.63. The number of hydrogen-bond acceptors (Lipinski definition) is 3. The zero-order chi connectivity index (χ0) is 13.1. The minimum atomic E-state index is -0.540. The van der Waals surface area contributed by atoms with Crippen LogP contribution < -0.4 is 11.2 Å². The van der Waals surface area contributed by atoms with Crippen LogP contribution in [-0.2, 0) is 6.42 Å². The van der Waals surface area contributed by atoms with Crippen molar-refractivity contribution in [3.05, 3.63) is 56.5 Å². The standard InChI is InChI=1S/C12H11FN2O2S/c1-2-9-10(16)14-12(17)15-11(9)18-8-5-3-7(13)4-6-8/h3-6H,2H2,1H3,(H2,14,15,16,17). The molecule has 2 rings (SSSR count). The average Bonchev–Trinajstić information content (AvgIpc) is 2.32. The van der Waals surface area contributed by atoms with Crippen molar-refractivity contribution in [2.75, 3.05) is 0 Å². The highest BCUT2D eigenvalue weighted by molar-refractivity contribution is 7.99. The maximum absolute atomic E-state index is 12.8. The lowest BCUT2D eigenvalue weighted by Gasteiger charge is -2.05. The van der Waals surface area contributed by atoms with Crippen molar-refractivity contribution in [1.82, 2.24) is 9.97 Å². The number of nitrogens with one attached hydrogen (secondary N) is 2. The molecule has 1 heterocycles. The molecule has 0 atom stereocenters. The van der Waals surface area contributed by atoms with E-state index in [9.17, 15) is 14.0 Å². The van der Waals surface area contributed by atoms with E-state index in [0.717, 1.165) is 4.90 Å². The summed E-state index contributed by atoms with van der Waals surface area (Å²) in [5.41, 5.74) is -0.406. The molecule has 0 radical (unpaired) electrons. The van der Waals surface area contributed by atoms with Gasteiger partial charge in [0.15, 0.2) is 0 Å². The monoisotopic (exact) mass is 266 g/mol. The maximum atomic E-state index is 12.8. The molecular formula is C12H11FN2O2S. The van der Waals surface area contributed by atoms with Crippen LogP contribution in [-0.4, -0.2) is 9.97 Å². The molecule has 0 unspecified atom stereocenters. The highest BCUT2D eigenvalue weighted by atomic mass is 32.2. The van der Waals surface area contributed by atoms with Crippen LogP contribution in [0.25, 0.3) is 0 Å². The molecular weight excluding hydrogens is 255 g/mol. The second-order valence-corrected chi connectivity index (χ2v) is 4.71. The van der Waals surface area contributed by atoms with Gasteiger partial charge in [-0.05, 0) is 30.7 Å². The summed E-state index contributed by atoms with van der Waals surface area (Å²) in [6.45, 7) is 1.83. The highest BCUT2D eigenvalue weighted by Crippen LogP contribution is 2.26. The van der Waals surface area contributed by atoms with E-state index in [1.807, 2.05) is 6.92 Å². The number of aromatic amines is 2. The van der Waals surface area contributed by atoms with Crippen LogP contribution in [0.15, 0.2) is 43.8 Å². The first-order valence-corrected chi connectivity index (χ1v) is 6.20. The summed E-state index contributed by atoms with van der Waals surface area (Å²) in [5, 5.41) is 0.498. The fraction of sp³-hybridized carbons (Fsp3) is 0.167. The van der Waals surface area contributed by atoms with E-state index < -0.39 is 5.69 Å². The molecule has 0 fully saturated rings. The Bertz CT molecular complexity index is 661. The second kappa shape index (κ2) is 5.22. The van der Waals surface area contributed by atoms with Crippen LogP contribution in [0, 0.1) is 5.82 Å². The van der Waals surface area contributed by atoms with Gasteiger partial charge in [0.25, 0.3) is 5.56 Å². The van der Waals surface area contributed by atoms with Crippen molar-refractivity contribution < 1.29 is 4.39 Å². The fourth-order valence-electron chi connectivity index (χ4n) is 1.52. The molecule has 2 N–H and O–H groups in total. The third-order valence-electron chi connectivity index (χ3n) is 2.39. The van der Waals surface area contributed by atoms with Crippen molar-refractivity contribution in [3.63, 3.8) is 0 Å². The Morgan fingerprint density at radius 3 is 2.44 bits per heavy atom. The quantitative estimate of drug-likeness (QED) is 0.834. The summed E-state index contributed by atoms with van der Waals surface area (Å²) in [4.78, 5) is 28.4. The van der Waals surface area contributed by atoms with Gasteiger partial charge in [-0.25, -0.2) is 9.18 Å². The molecule has 1 aromatic heterocycles. The summed E-state index contributed by atoms with van der Waals surface area (Å²) in [5.74, 6) is -0.325. The van der Waals surface area contributed by atoms with Gasteiger partial charge in [0.2, 0.25) is 0 Å². The van der Waals surface area contributed by atoms with Gasteiger partial charge in [-0.15, -0.1) is 0 Å². The molecule has 2 aromatic rings. The average molecular weight is 266 g/mol. The van der Waals surface area contributed by atoms with E-state index in [-0.39, 0.29) is 11.4 Å². The van der Waals surface area contributed by atoms with Crippen molar-refractivity contribution in [2.45, 2.75) is 23.3 Å². The topological polar surface area (TPSA) is 65.7 Å². The van der Waals surface area contributed by atoms with E-state index in [2.05, 4.69) is 9.97 Å². The predicted octanol–water partition coefficient (Wildman–Crippen LogP) is 1.92. The fourth-order valence-corrected chi connectivity index (χ4v) is 2.53. The number of rotatable bonds is 3. The number of aromatic nitrogens is 2. The minimum absolute atomic E-state index is 0.325. The third-order valence-corrected chi connectivity index (χ3v) is 3.45. The van der Waals surface area contributed by atoms with Crippen LogP contribution >= 0.6 is 11.8 Å². The molecule has 0 bridgehead atoms. The predicted molar refractivity (Wildman–Crippen MR) is 67.6 cm³/mol. The van der Waals surface area contributed by atoms with Gasteiger partial charge in [-0.3, -0.25) is 9.78 Å². The molecule has 0 saturated carbocycles. The number of halogens is 1. The molecule has 18 heavy (non-hydrogen) atoms. The SMILES string of the molecule is CCc1c(Sc2ccc(F)cc2)[nH]c(=O)[nH]c1=O. The van der Waals surface area contributed by atoms with Gasteiger partial charge >= 0.3 is 5.69 Å². The summed E-state index contributed by atoms with van der Waals surface area (Å²) in [6, 6.07) is 5.86. The molecule has 0 aliphatic heterocycles. The Balaban J connectivity index is 2.42.